The monoisotopic (exact) mass is 527 g/mol. The van der Waals surface area contributed by atoms with Crippen molar-refractivity contribution in [3.63, 3.8) is 0 Å². The summed E-state index contributed by atoms with van der Waals surface area (Å²) in [6, 6.07) is 11.2. The highest BCUT2D eigenvalue weighted by atomic mass is 79.9. The predicted octanol–water partition coefficient (Wildman–Crippen LogP) is 5.49. The molecule has 0 saturated carbocycles. The van der Waals surface area contributed by atoms with Gasteiger partial charge in [0.1, 0.15) is 21.7 Å². The van der Waals surface area contributed by atoms with Crippen LogP contribution in [0.2, 0.25) is 0 Å². The standard InChI is InChI=1S/C22H26BrN3O3S.ClH/c1-5-25(6-2)13-14-26(21(27)15-9-7-8-10-16(15)23)22-24-19-17(28-3)11-12-18(29-4)20(19)30-22;/h7-12H,5-6,13-14H2,1-4H3;1H. The summed E-state index contributed by atoms with van der Waals surface area (Å²) in [5, 5.41) is 0.626. The van der Waals surface area contributed by atoms with Crippen LogP contribution in [0.3, 0.4) is 0 Å². The SMILES string of the molecule is CCN(CC)CCN(C(=O)c1ccccc1Br)c1nc2c(OC)ccc(OC)c2s1.Cl. The molecule has 0 radical (unpaired) electrons. The Hall–Kier alpha value is -1.87. The number of halogens is 2. The first-order chi connectivity index (χ1) is 14.5. The Morgan fingerprint density at radius 1 is 1.03 bits per heavy atom. The van der Waals surface area contributed by atoms with Gasteiger partial charge in [-0.3, -0.25) is 9.69 Å². The second kappa shape index (κ2) is 11.7. The number of benzene rings is 2. The molecule has 0 aliphatic carbocycles. The van der Waals surface area contributed by atoms with Crippen molar-refractivity contribution in [1.82, 2.24) is 9.88 Å². The predicted molar refractivity (Wildman–Crippen MR) is 134 cm³/mol. The maximum Gasteiger partial charge on any atom is 0.261 e. The Morgan fingerprint density at radius 3 is 2.29 bits per heavy atom. The van der Waals surface area contributed by atoms with Crippen LogP contribution in [0.25, 0.3) is 10.2 Å². The fraction of sp³-hybridized carbons (Fsp3) is 0.364. The number of hydrogen-bond donors (Lipinski definition) is 0. The van der Waals surface area contributed by atoms with E-state index in [1.54, 1.807) is 19.1 Å². The van der Waals surface area contributed by atoms with Crippen LogP contribution in [0.5, 0.6) is 11.5 Å². The number of likely N-dealkylation sites (N-methyl/N-ethyl adjacent to an activating group) is 1. The number of hydrogen-bond acceptors (Lipinski definition) is 6. The van der Waals surface area contributed by atoms with Crippen LogP contribution in [0.15, 0.2) is 40.9 Å². The van der Waals surface area contributed by atoms with Gasteiger partial charge in [-0.2, -0.15) is 0 Å². The van der Waals surface area contributed by atoms with E-state index in [1.807, 2.05) is 36.4 Å². The second-order valence-corrected chi connectivity index (χ2v) is 8.44. The molecule has 0 fully saturated rings. The lowest BCUT2D eigenvalue weighted by atomic mass is 10.2. The zero-order chi connectivity index (χ0) is 21.7. The Labute approximate surface area is 201 Å². The van der Waals surface area contributed by atoms with Crippen LogP contribution in [-0.4, -0.2) is 56.2 Å². The van der Waals surface area contributed by atoms with Crippen LogP contribution in [0, 0.1) is 0 Å². The average molecular weight is 529 g/mol. The molecule has 168 valence electrons. The van der Waals surface area contributed by atoms with Gasteiger partial charge in [-0.1, -0.05) is 37.3 Å². The van der Waals surface area contributed by atoms with Gasteiger partial charge in [0.2, 0.25) is 0 Å². The molecule has 6 nitrogen and oxygen atoms in total. The van der Waals surface area contributed by atoms with Crippen LogP contribution in [-0.2, 0) is 0 Å². The lowest BCUT2D eigenvalue weighted by molar-refractivity contribution is 0.0983. The van der Waals surface area contributed by atoms with Crippen molar-refractivity contribution in [3.8, 4) is 11.5 Å². The molecule has 31 heavy (non-hydrogen) atoms. The molecule has 0 spiro atoms. The Bertz CT molecular complexity index is 985. The fourth-order valence-corrected chi connectivity index (χ4v) is 4.79. The number of carbonyl (C=O) groups excluding carboxylic acids is 1. The number of aromatic nitrogens is 1. The number of rotatable bonds is 9. The zero-order valence-electron chi connectivity index (χ0n) is 18.1. The summed E-state index contributed by atoms with van der Waals surface area (Å²) < 4.78 is 12.6. The van der Waals surface area contributed by atoms with Gasteiger partial charge in [0, 0.05) is 17.6 Å². The lowest BCUT2D eigenvalue weighted by Gasteiger charge is -2.25. The van der Waals surface area contributed by atoms with E-state index in [9.17, 15) is 4.79 Å². The molecule has 3 rings (SSSR count). The number of thiazole rings is 1. The third-order valence-electron chi connectivity index (χ3n) is 5.01. The number of carbonyl (C=O) groups is 1. The molecular formula is C22H27BrClN3O3S. The maximum atomic E-state index is 13.5. The smallest absolute Gasteiger partial charge is 0.261 e. The number of ether oxygens (including phenoxy) is 2. The Morgan fingerprint density at radius 2 is 1.68 bits per heavy atom. The van der Waals surface area contributed by atoms with Gasteiger partial charge in [0.05, 0.1) is 19.8 Å². The summed E-state index contributed by atoms with van der Waals surface area (Å²) in [4.78, 5) is 22.3. The van der Waals surface area contributed by atoms with Gasteiger partial charge in [-0.05, 0) is 53.3 Å². The number of methoxy groups -OCH3 is 2. The normalized spacial score (nSPS) is 10.8. The minimum Gasteiger partial charge on any atom is -0.495 e. The van der Waals surface area contributed by atoms with Crippen LogP contribution < -0.4 is 14.4 Å². The van der Waals surface area contributed by atoms with Gasteiger partial charge in [0.25, 0.3) is 5.91 Å². The van der Waals surface area contributed by atoms with Crippen LogP contribution in [0.1, 0.15) is 24.2 Å². The third-order valence-corrected chi connectivity index (χ3v) is 6.80. The highest BCUT2D eigenvalue weighted by Gasteiger charge is 2.25. The number of fused-ring (bicyclic) bond motifs is 1. The molecule has 3 aromatic rings. The molecule has 1 heterocycles. The van der Waals surface area contributed by atoms with Crippen LogP contribution in [0.4, 0.5) is 5.13 Å². The van der Waals surface area contributed by atoms with Crippen molar-refractivity contribution >= 4 is 60.9 Å². The first kappa shape index (κ1) is 25.4. The van der Waals surface area contributed by atoms with Crippen molar-refractivity contribution < 1.29 is 14.3 Å². The second-order valence-electron chi connectivity index (χ2n) is 6.61. The summed E-state index contributed by atoms with van der Waals surface area (Å²) in [5.41, 5.74) is 1.31. The third kappa shape index (κ3) is 5.49. The molecule has 0 saturated heterocycles. The first-order valence-corrected chi connectivity index (χ1v) is 11.4. The van der Waals surface area contributed by atoms with E-state index in [0.717, 1.165) is 28.8 Å². The number of anilines is 1. The quantitative estimate of drug-likeness (QED) is 0.368. The lowest BCUT2D eigenvalue weighted by Crippen LogP contribution is -2.39. The minimum atomic E-state index is -0.0911. The molecule has 1 amide bonds. The summed E-state index contributed by atoms with van der Waals surface area (Å²) in [6.07, 6.45) is 0. The molecule has 0 aliphatic heterocycles. The van der Waals surface area contributed by atoms with Gasteiger partial charge in [-0.15, -0.1) is 12.4 Å². The van der Waals surface area contributed by atoms with Crippen LogP contribution >= 0.6 is 39.7 Å². The van der Waals surface area contributed by atoms with Gasteiger partial charge >= 0.3 is 0 Å². The van der Waals surface area contributed by atoms with Gasteiger partial charge < -0.3 is 14.4 Å². The van der Waals surface area contributed by atoms with E-state index >= 15 is 0 Å². The average Bonchev–Trinajstić information content (AvgIpc) is 3.21. The highest BCUT2D eigenvalue weighted by molar-refractivity contribution is 9.10. The van der Waals surface area contributed by atoms with E-state index in [0.29, 0.717) is 34.3 Å². The van der Waals surface area contributed by atoms with Gasteiger partial charge in [-0.25, -0.2) is 4.98 Å². The fourth-order valence-electron chi connectivity index (χ4n) is 3.24. The highest BCUT2D eigenvalue weighted by Crippen LogP contribution is 2.40. The van der Waals surface area contributed by atoms with E-state index in [2.05, 4.69) is 34.7 Å². The zero-order valence-corrected chi connectivity index (χ0v) is 21.3. The van der Waals surface area contributed by atoms with E-state index in [4.69, 9.17) is 14.5 Å². The largest absolute Gasteiger partial charge is 0.495 e. The number of nitrogens with zero attached hydrogens (tertiary/aromatic N) is 3. The summed E-state index contributed by atoms with van der Waals surface area (Å²) in [5.74, 6) is 1.28. The summed E-state index contributed by atoms with van der Waals surface area (Å²) >= 11 is 4.95. The molecule has 0 bridgehead atoms. The molecule has 0 unspecified atom stereocenters. The Balaban J connectivity index is 0.00000341. The summed E-state index contributed by atoms with van der Waals surface area (Å²) in [7, 11) is 3.25. The minimum absolute atomic E-state index is 0. The molecular weight excluding hydrogens is 502 g/mol. The van der Waals surface area contributed by atoms with Crippen molar-refractivity contribution in [3.05, 3.63) is 46.4 Å². The van der Waals surface area contributed by atoms with Gasteiger partial charge in [0.15, 0.2) is 5.13 Å². The molecule has 2 aromatic carbocycles. The molecule has 9 heteroatoms. The molecule has 0 aliphatic rings. The van der Waals surface area contributed by atoms with E-state index in [-0.39, 0.29) is 18.3 Å². The maximum absolute atomic E-state index is 13.5. The molecule has 0 N–H and O–H groups in total. The molecule has 1 aromatic heterocycles. The molecule has 0 atom stereocenters. The van der Waals surface area contributed by atoms with Crippen molar-refractivity contribution in [2.24, 2.45) is 0 Å². The number of amides is 1. The van der Waals surface area contributed by atoms with E-state index in [1.165, 1.54) is 11.3 Å². The Kier molecular flexibility index (Phi) is 9.55. The topological polar surface area (TPSA) is 54.9 Å². The van der Waals surface area contributed by atoms with E-state index < -0.39 is 0 Å². The van der Waals surface area contributed by atoms with Crippen molar-refractivity contribution in [2.45, 2.75) is 13.8 Å². The summed E-state index contributed by atoms with van der Waals surface area (Å²) in [6.45, 7) is 7.39. The van der Waals surface area contributed by atoms with Crippen molar-refractivity contribution in [2.75, 3.05) is 45.3 Å². The first-order valence-electron chi connectivity index (χ1n) is 9.84. The van der Waals surface area contributed by atoms with Crippen molar-refractivity contribution in [1.29, 1.82) is 0 Å².